The lowest BCUT2D eigenvalue weighted by Gasteiger charge is -2.26. The van der Waals surface area contributed by atoms with Gasteiger partial charge < -0.3 is 11.5 Å². The predicted octanol–water partition coefficient (Wildman–Crippen LogP) is 0.00270. The van der Waals surface area contributed by atoms with Gasteiger partial charge in [0.2, 0.25) is 0 Å². The molecule has 2 fully saturated rings. The van der Waals surface area contributed by atoms with Gasteiger partial charge in [0, 0.05) is 12.1 Å². The van der Waals surface area contributed by atoms with Crippen molar-refractivity contribution in [1.82, 2.24) is 4.90 Å². The molecular formula is C10H21N3. The Bertz CT molecular complexity index is 161. The summed E-state index contributed by atoms with van der Waals surface area (Å²) in [6, 6.07) is 1.49. The number of nitrogens with zero attached hydrogens (tertiary/aromatic N) is 1. The van der Waals surface area contributed by atoms with E-state index in [9.17, 15) is 0 Å². The molecular weight excluding hydrogens is 162 g/mol. The minimum absolute atomic E-state index is 0.670. The van der Waals surface area contributed by atoms with Crippen LogP contribution in [0.2, 0.25) is 0 Å². The molecule has 13 heavy (non-hydrogen) atoms. The third-order valence-electron chi connectivity index (χ3n) is 4.06. The van der Waals surface area contributed by atoms with E-state index in [0.29, 0.717) is 11.8 Å². The van der Waals surface area contributed by atoms with Crippen molar-refractivity contribution in [2.24, 2.45) is 23.3 Å². The average molecular weight is 183 g/mol. The van der Waals surface area contributed by atoms with Crippen LogP contribution in [0.5, 0.6) is 0 Å². The maximum absolute atomic E-state index is 5.82. The maximum Gasteiger partial charge on any atom is 0.0143 e. The fourth-order valence-corrected chi connectivity index (χ4v) is 3.54. The summed E-state index contributed by atoms with van der Waals surface area (Å²) in [4.78, 5) is 2.62. The Labute approximate surface area is 80.5 Å². The highest BCUT2D eigenvalue weighted by molar-refractivity contribution is 5.05. The van der Waals surface area contributed by atoms with Gasteiger partial charge in [0.1, 0.15) is 0 Å². The van der Waals surface area contributed by atoms with E-state index >= 15 is 0 Å². The molecule has 3 heteroatoms. The van der Waals surface area contributed by atoms with Gasteiger partial charge in [-0.15, -0.1) is 0 Å². The molecule has 0 aliphatic carbocycles. The second-order valence-corrected chi connectivity index (χ2v) is 4.34. The molecule has 2 bridgehead atoms. The minimum atomic E-state index is 0.670. The van der Waals surface area contributed by atoms with Crippen molar-refractivity contribution >= 4 is 0 Å². The van der Waals surface area contributed by atoms with Crippen LogP contribution in [0, 0.1) is 11.8 Å². The Kier molecular flexibility index (Phi) is 2.58. The second-order valence-electron chi connectivity index (χ2n) is 4.34. The van der Waals surface area contributed by atoms with Crippen LogP contribution in [0.4, 0.5) is 0 Å². The number of nitrogens with two attached hydrogens (primary N) is 2. The predicted molar refractivity (Wildman–Crippen MR) is 54.3 cm³/mol. The van der Waals surface area contributed by atoms with E-state index in [1.165, 1.54) is 19.4 Å². The summed E-state index contributed by atoms with van der Waals surface area (Å²) in [6.45, 7) is 5.05. The van der Waals surface area contributed by atoms with Gasteiger partial charge in [0.25, 0.3) is 0 Å². The normalized spacial score (nSPS) is 44.5. The zero-order chi connectivity index (χ0) is 9.42. The Morgan fingerprint density at radius 1 is 1.08 bits per heavy atom. The van der Waals surface area contributed by atoms with E-state index in [4.69, 9.17) is 11.5 Å². The first-order valence-corrected chi connectivity index (χ1v) is 5.49. The summed E-state index contributed by atoms with van der Waals surface area (Å²) < 4.78 is 0. The van der Waals surface area contributed by atoms with Gasteiger partial charge in [-0.25, -0.2) is 0 Å². The van der Waals surface area contributed by atoms with Crippen molar-refractivity contribution in [2.45, 2.75) is 31.8 Å². The Morgan fingerprint density at radius 2 is 1.54 bits per heavy atom. The fraction of sp³-hybridized carbons (Fsp3) is 1.00. The summed E-state index contributed by atoms with van der Waals surface area (Å²) in [5.41, 5.74) is 11.6. The monoisotopic (exact) mass is 183 g/mol. The van der Waals surface area contributed by atoms with Crippen LogP contribution in [0.25, 0.3) is 0 Å². The molecule has 4 N–H and O–H groups in total. The minimum Gasteiger partial charge on any atom is -0.330 e. The molecule has 0 spiro atoms. The average Bonchev–Trinajstić information content (AvgIpc) is 2.70. The number of fused-ring (bicyclic) bond motifs is 2. The lowest BCUT2D eigenvalue weighted by Crippen LogP contribution is -2.37. The first-order valence-electron chi connectivity index (χ1n) is 5.49. The van der Waals surface area contributed by atoms with Crippen LogP contribution in [0.3, 0.4) is 0 Å². The van der Waals surface area contributed by atoms with Gasteiger partial charge >= 0.3 is 0 Å². The van der Waals surface area contributed by atoms with E-state index in [0.717, 1.165) is 25.2 Å². The summed E-state index contributed by atoms with van der Waals surface area (Å²) in [7, 11) is 0. The van der Waals surface area contributed by atoms with Gasteiger partial charge in [0.15, 0.2) is 0 Å². The molecule has 3 nitrogen and oxygen atoms in total. The molecule has 2 rings (SSSR count). The highest BCUT2D eigenvalue weighted by Gasteiger charge is 2.50. The molecule has 2 aliphatic rings. The van der Waals surface area contributed by atoms with E-state index in [-0.39, 0.29) is 0 Å². The lowest BCUT2D eigenvalue weighted by atomic mass is 9.79. The van der Waals surface area contributed by atoms with E-state index in [1.807, 2.05) is 0 Å². The summed E-state index contributed by atoms with van der Waals surface area (Å²) >= 11 is 0. The van der Waals surface area contributed by atoms with Crippen molar-refractivity contribution < 1.29 is 0 Å². The molecule has 0 saturated carbocycles. The van der Waals surface area contributed by atoms with E-state index in [1.54, 1.807) is 0 Å². The van der Waals surface area contributed by atoms with Crippen LogP contribution in [-0.4, -0.2) is 36.6 Å². The van der Waals surface area contributed by atoms with Crippen molar-refractivity contribution in [2.75, 3.05) is 19.6 Å². The molecule has 76 valence electrons. The van der Waals surface area contributed by atoms with Crippen LogP contribution in [0.1, 0.15) is 19.8 Å². The third-order valence-corrected chi connectivity index (χ3v) is 4.06. The largest absolute Gasteiger partial charge is 0.330 e. The van der Waals surface area contributed by atoms with Crippen molar-refractivity contribution in [1.29, 1.82) is 0 Å². The van der Waals surface area contributed by atoms with Crippen LogP contribution in [0.15, 0.2) is 0 Å². The van der Waals surface area contributed by atoms with Crippen LogP contribution >= 0.6 is 0 Å². The molecule has 4 atom stereocenters. The number of hydrogen-bond donors (Lipinski definition) is 2. The van der Waals surface area contributed by atoms with Crippen molar-refractivity contribution in [3.05, 3.63) is 0 Å². The molecule has 2 saturated heterocycles. The topological polar surface area (TPSA) is 55.3 Å². The van der Waals surface area contributed by atoms with Crippen molar-refractivity contribution in [3.63, 3.8) is 0 Å². The maximum atomic E-state index is 5.82. The zero-order valence-electron chi connectivity index (χ0n) is 8.45. The molecule has 0 aromatic rings. The SMILES string of the molecule is CCN1C2CCC1C(CN)C2CN. The van der Waals surface area contributed by atoms with Crippen LogP contribution in [-0.2, 0) is 0 Å². The van der Waals surface area contributed by atoms with Gasteiger partial charge in [-0.2, -0.15) is 0 Å². The molecule has 0 radical (unpaired) electrons. The first-order chi connectivity index (χ1) is 6.33. The second kappa shape index (κ2) is 3.56. The molecule has 0 aromatic carbocycles. The van der Waals surface area contributed by atoms with E-state index < -0.39 is 0 Å². The van der Waals surface area contributed by atoms with Gasteiger partial charge in [-0.3, -0.25) is 4.90 Å². The molecule has 0 amide bonds. The van der Waals surface area contributed by atoms with Crippen LogP contribution < -0.4 is 11.5 Å². The summed E-state index contributed by atoms with van der Waals surface area (Å²) in [5, 5.41) is 0. The first kappa shape index (κ1) is 9.44. The van der Waals surface area contributed by atoms with Gasteiger partial charge in [-0.1, -0.05) is 6.92 Å². The molecule has 2 aliphatic heterocycles. The summed E-state index contributed by atoms with van der Waals surface area (Å²) in [5.74, 6) is 1.34. The number of rotatable bonds is 3. The Hall–Kier alpha value is -0.120. The van der Waals surface area contributed by atoms with Gasteiger partial charge in [-0.05, 0) is 44.3 Å². The number of hydrogen-bond acceptors (Lipinski definition) is 3. The fourth-order valence-electron chi connectivity index (χ4n) is 3.54. The van der Waals surface area contributed by atoms with Crippen molar-refractivity contribution in [3.8, 4) is 0 Å². The summed E-state index contributed by atoms with van der Waals surface area (Å²) in [6.07, 6.45) is 2.69. The molecule has 2 heterocycles. The quantitative estimate of drug-likeness (QED) is 0.647. The Balaban J connectivity index is 2.15. The molecule has 0 aromatic heterocycles. The van der Waals surface area contributed by atoms with E-state index in [2.05, 4.69) is 11.8 Å². The third kappa shape index (κ3) is 1.22. The smallest absolute Gasteiger partial charge is 0.0143 e. The van der Waals surface area contributed by atoms with Gasteiger partial charge in [0.05, 0.1) is 0 Å². The highest BCUT2D eigenvalue weighted by atomic mass is 15.2. The Morgan fingerprint density at radius 3 is 1.85 bits per heavy atom. The lowest BCUT2D eigenvalue weighted by molar-refractivity contribution is 0.248. The zero-order valence-corrected chi connectivity index (χ0v) is 8.45. The standard InChI is InChI=1S/C10H21N3/c1-2-13-9-3-4-10(13)8(6-12)7(9)5-11/h7-10H,2-6,11-12H2,1H3. The molecule has 4 unspecified atom stereocenters. The highest BCUT2D eigenvalue weighted by Crippen LogP contribution is 2.44.